The Morgan fingerprint density at radius 2 is 1.74 bits per heavy atom. The summed E-state index contributed by atoms with van der Waals surface area (Å²) in [5.74, 6) is -0.504. The van der Waals surface area contributed by atoms with Gasteiger partial charge in [0, 0.05) is 38.2 Å². The molecule has 0 aliphatic carbocycles. The maximum absolute atomic E-state index is 13.5. The number of amides is 1. The zero-order valence-corrected chi connectivity index (χ0v) is 16.5. The highest BCUT2D eigenvalue weighted by Crippen LogP contribution is 2.23. The van der Waals surface area contributed by atoms with Crippen LogP contribution in [0.25, 0.3) is 0 Å². The number of benzene rings is 1. The van der Waals surface area contributed by atoms with Gasteiger partial charge in [-0.3, -0.25) is 9.69 Å². The lowest BCUT2D eigenvalue weighted by molar-refractivity contribution is 0.0301. The van der Waals surface area contributed by atoms with Gasteiger partial charge in [0.25, 0.3) is 0 Å². The fourth-order valence-electron chi connectivity index (χ4n) is 3.81. The predicted molar refractivity (Wildman–Crippen MR) is 104 cm³/mol. The Labute approximate surface area is 161 Å². The molecule has 1 atom stereocenters. The van der Waals surface area contributed by atoms with E-state index in [-0.39, 0.29) is 0 Å². The first-order valence-corrected chi connectivity index (χ1v) is 11.2. The molecule has 8 heteroatoms. The van der Waals surface area contributed by atoms with Crippen LogP contribution in [0.4, 0.5) is 0 Å². The van der Waals surface area contributed by atoms with Crippen molar-refractivity contribution < 1.29 is 17.9 Å². The van der Waals surface area contributed by atoms with Crippen LogP contribution in [0.3, 0.4) is 0 Å². The van der Waals surface area contributed by atoms with Gasteiger partial charge in [-0.25, -0.2) is 12.7 Å². The summed E-state index contributed by atoms with van der Waals surface area (Å²) in [6.07, 6.45) is 4.31. The minimum Gasteiger partial charge on any atom is -0.379 e. The Balaban J connectivity index is 1.88. The Bertz CT molecular complexity index is 739. The van der Waals surface area contributed by atoms with Crippen molar-refractivity contribution in [3.8, 4) is 0 Å². The molecule has 2 aliphatic rings. The minimum absolute atomic E-state index is 0.333. The van der Waals surface area contributed by atoms with Crippen LogP contribution in [0.15, 0.2) is 24.3 Å². The molecule has 2 aliphatic heterocycles. The van der Waals surface area contributed by atoms with Gasteiger partial charge in [-0.05, 0) is 30.5 Å². The van der Waals surface area contributed by atoms with Crippen molar-refractivity contribution in [3.63, 3.8) is 0 Å². The Hall–Kier alpha value is -1.48. The molecular formula is C19H29N3O4S. The molecule has 1 aromatic carbocycles. The number of rotatable bonds is 6. The number of ether oxygens (including phenoxy) is 1. The van der Waals surface area contributed by atoms with Gasteiger partial charge in [0.1, 0.15) is 5.37 Å². The summed E-state index contributed by atoms with van der Waals surface area (Å²) in [6.45, 7) is 3.43. The van der Waals surface area contributed by atoms with E-state index < -0.39 is 21.3 Å². The molecule has 2 fully saturated rings. The molecule has 2 N–H and O–H groups in total. The van der Waals surface area contributed by atoms with E-state index in [2.05, 4.69) is 0 Å². The average Bonchev–Trinajstić information content (AvgIpc) is 2.97. The monoisotopic (exact) mass is 395 g/mol. The molecule has 0 aromatic heterocycles. The molecule has 1 aromatic rings. The lowest BCUT2D eigenvalue weighted by atomic mass is 10.1. The van der Waals surface area contributed by atoms with Crippen molar-refractivity contribution in [3.05, 3.63) is 35.4 Å². The molecule has 1 amide bonds. The highest BCUT2D eigenvalue weighted by Gasteiger charge is 2.37. The van der Waals surface area contributed by atoms with Crippen LogP contribution in [0.5, 0.6) is 0 Å². The summed E-state index contributed by atoms with van der Waals surface area (Å²) in [4.78, 5) is 13.5. The summed E-state index contributed by atoms with van der Waals surface area (Å²) in [5, 5.41) is -0.650. The standard InChI is InChI=1S/C19H29N3O4S/c20-19(23)17-7-5-6-16(14-17)15-18(21-10-12-26-13-11-21)27(24,25)22-8-3-1-2-4-9-22/h5-7,14,18H,1-4,8-13,15H2,(H2,20,23). The Morgan fingerprint density at radius 3 is 2.37 bits per heavy atom. The average molecular weight is 396 g/mol. The van der Waals surface area contributed by atoms with Crippen molar-refractivity contribution in [1.29, 1.82) is 0 Å². The third-order valence-corrected chi connectivity index (χ3v) is 7.58. The van der Waals surface area contributed by atoms with Gasteiger partial charge in [-0.15, -0.1) is 0 Å². The molecule has 150 valence electrons. The first kappa shape index (κ1) is 20.3. The zero-order valence-electron chi connectivity index (χ0n) is 15.7. The molecule has 27 heavy (non-hydrogen) atoms. The molecule has 7 nitrogen and oxygen atoms in total. The SMILES string of the molecule is NC(=O)c1cccc(CC(N2CCOCC2)S(=O)(=O)N2CCCCCC2)c1. The van der Waals surface area contributed by atoms with Crippen LogP contribution in [0.2, 0.25) is 0 Å². The van der Waals surface area contributed by atoms with Gasteiger partial charge in [-0.2, -0.15) is 0 Å². The normalized spacial score (nSPS) is 21.5. The molecule has 2 saturated heterocycles. The Morgan fingerprint density at radius 1 is 1.07 bits per heavy atom. The summed E-state index contributed by atoms with van der Waals surface area (Å²) < 4.78 is 34.1. The second-order valence-electron chi connectivity index (χ2n) is 7.23. The molecule has 0 bridgehead atoms. The topological polar surface area (TPSA) is 92.9 Å². The first-order chi connectivity index (χ1) is 13.0. The number of nitrogens with two attached hydrogens (primary N) is 1. The largest absolute Gasteiger partial charge is 0.379 e. The van der Waals surface area contributed by atoms with Gasteiger partial charge in [0.05, 0.1) is 13.2 Å². The number of hydrogen-bond acceptors (Lipinski definition) is 5. The highest BCUT2D eigenvalue weighted by molar-refractivity contribution is 7.89. The van der Waals surface area contributed by atoms with E-state index in [4.69, 9.17) is 10.5 Å². The quantitative estimate of drug-likeness (QED) is 0.781. The van der Waals surface area contributed by atoms with Crippen LogP contribution >= 0.6 is 0 Å². The molecule has 0 saturated carbocycles. The highest BCUT2D eigenvalue weighted by atomic mass is 32.2. The van der Waals surface area contributed by atoms with Crippen LogP contribution < -0.4 is 5.73 Å². The number of nitrogens with zero attached hydrogens (tertiary/aromatic N) is 2. The lowest BCUT2D eigenvalue weighted by Crippen LogP contribution is -2.53. The fraction of sp³-hybridized carbons (Fsp3) is 0.632. The summed E-state index contributed by atoms with van der Waals surface area (Å²) in [6, 6.07) is 6.97. The van der Waals surface area contributed by atoms with Gasteiger partial charge in [0.2, 0.25) is 15.9 Å². The molecule has 2 heterocycles. The smallest absolute Gasteiger partial charge is 0.248 e. The number of sulfonamides is 1. The number of carbonyl (C=O) groups is 1. The number of primary amides is 1. The van der Waals surface area contributed by atoms with Gasteiger partial charge in [-0.1, -0.05) is 25.0 Å². The van der Waals surface area contributed by atoms with Crippen LogP contribution in [0.1, 0.15) is 41.6 Å². The van der Waals surface area contributed by atoms with Crippen LogP contribution in [-0.4, -0.2) is 68.3 Å². The molecule has 3 rings (SSSR count). The van der Waals surface area contributed by atoms with Gasteiger partial charge in [0.15, 0.2) is 0 Å². The fourth-order valence-corrected chi connectivity index (χ4v) is 5.91. The summed E-state index contributed by atoms with van der Waals surface area (Å²) >= 11 is 0. The number of morpholine rings is 1. The van der Waals surface area contributed by atoms with Gasteiger partial charge >= 0.3 is 0 Å². The third kappa shape index (κ3) is 5.07. The van der Waals surface area contributed by atoms with E-state index in [1.165, 1.54) is 0 Å². The minimum atomic E-state index is -3.49. The molecule has 0 radical (unpaired) electrons. The van der Waals surface area contributed by atoms with Crippen molar-refractivity contribution in [2.45, 2.75) is 37.5 Å². The van der Waals surface area contributed by atoms with E-state index in [0.29, 0.717) is 51.4 Å². The van der Waals surface area contributed by atoms with E-state index in [9.17, 15) is 13.2 Å². The summed E-state index contributed by atoms with van der Waals surface area (Å²) in [7, 11) is -3.49. The second-order valence-corrected chi connectivity index (χ2v) is 9.32. The predicted octanol–water partition coefficient (Wildman–Crippen LogP) is 1.19. The molecule has 1 unspecified atom stereocenters. The van der Waals surface area contributed by atoms with Crippen molar-refractivity contribution in [2.24, 2.45) is 5.73 Å². The molecular weight excluding hydrogens is 366 g/mol. The van der Waals surface area contributed by atoms with Gasteiger partial charge < -0.3 is 10.5 Å². The second kappa shape index (κ2) is 9.14. The summed E-state index contributed by atoms with van der Waals surface area (Å²) in [5.41, 5.74) is 6.59. The maximum atomic E-state index is 13.5. The Kier molecular flexibility index (Phi) is 6.86. The number of carbonyl (C=O) groups excluding carboxylic acids is 1. The zero-order chi connectivity index (χ0) is 19.3. The lowest BCUT2D eigenvalue weighted by Gasteiger charge is -2.37. The van der Waals surface area contributed by atoms with E-state index in [0.717, 1.165) is 31.2 Å². The van der Waals surface area contributed by atoms with E-state index >= 15 is 0 Å². The van der Waals surface area contributed by atoms with Crippen LogP contribution in [-0.2, 0) is 21.2 Å². The molecule has 0 spiro atoms. The van der Waals surface area contributed by atoms with Crippen molar-refractivity contribution in [2.75, 3.05) is 39.4 Å². The first-order valence-electron chi connectivity index (χ1n) is 9.68. The number of hydrogen-bond donors (Lipinski definition) is 1. The maximum Gasteiger partial charge on any atom is 0.248 e. The van der Waals surface area contributed by atoms with E-state index in [1.807, 2.05) is 11.0 Å². The van der Waals surface area contributed by atoms with Crippen molar-refractivity contribution >= 4 is 15.9 Å². The van der Waals surface area contributed by atoms with E-state index in [1.54, 1.807) is 22.5 Å². The van der Waals surface area contributed by atoms with Crippen molar-refractivity contribution in [1.82, 2.24) is 9.21 Å². The van der Waals surface area contributed by atoms with Crippen LogP contribution in [0, 0.1) is 0 Å². The third-order valence-electron chi connectivity index (χ3n) is 5.34.